The van der Waals surface area contributed by atoms with Gasteiger partial charge in [0.25, 0.3) is 0 Å². The van der Waals surface area contributed by atoms with Crippen molar-refractivity contribution >= 4 is 49.6 Å². The van der Waals surface area contributed by atoms with E-state index in [1.54, 1.807) is 0 Å². The maximum atomic E-state index is 5.17. The fraction of sp³-hybridized carbons (Fsp3) is 0.0213. The van der Waals surface area contributed by atoms with Gasteiger partial charge in [0.1, 0.15) is 0 Å². The molecule has 0 N–H and O–H groups in total. The van der Waals surface area contributed by atoms with Crippen molar-refractivity contribution in [1.82, 2.24) is 14.5 Å². The van der Waals surface area contributed by atoms with Crippen LogP contribution in [0.4, 0.5) is 0 Å². The maximum absolute atomic E-state index is 5.17. The lowest BCUT2D eigenvalue weighted by atomic mass is 9.97. The number of rotatable bonds is 4. The van der Waals surface area contributed by atoms with Gasteiger partial charge in [0.15, 0.2) is 0 Å². The first-order valence-corrected chi connectivity index (χ1v) is 17.1. The summed E-state index contributed by atoms with van der Waals surface area (Å²) >= 11 is 0. The summed E-state index contributed by atoms with van der Waals surface area (Å²) in [5, 5.41) is 5.95. The third-order valence-corrected chi connectivity index (χ3v) is 10.1. The second kappa shape index (κ2) is 11.5. The Labute approximate surface area is 290 Å². The lowest BCUT2D eigenvalue weighted by Crippen LogP contribution is -1.99. The molecule has 234 valence electrons. The molecule has 50 heavy (non-hydrogen) atoms. The minimum absolute atomic E-state index is 0.875. The highest BCUT2D eigenvalue weighted by Gasteiger charge is 2.18. The number of para-hydroxylation sites is 1. The normalized spacial score (nSPS) is 12.6. The van der Waals surface area contributed by atoms with Gasteiger partial charge in [-0.25, -0.2) is 4.98 Å². The van der Waals surface area contributed by atoms with Gasteiger partial charge in [0.05, 0.1) is 28.4 Å². The summed E-state index contributed by atoms with van der Waals surface area (Å²) in [7, 11) is 0. The van der Waals surface area contributed by atoms with Crippen LogP contribution in [0.2, 0.25) is 0 Å². The summed E-state index contributed by atoms with van der Waals surface area (Å²) in [6, 6.07) is 52.1. The first kappa shape index (κ1) is 28.4. The molecular formula is C47H31N3. The maximum Gasteiger partial charge on any atom is 0.0979 e. The Balaban J connectivity index is 0.976. The lowest BCUT2D eigenvalue weighted by Gasteiger charge is -2.11. The molecule has 3 heteroatoms. The topological polar surface area (TPSA) is 30.7 Å². The molecule has 0 amide bonds. The molecule has 0 unspecified atom stereocenters. The first-order valence-electron chi connectivity index (χ1n) is 17.1. The van der Waals surface area contributed by atoms with Crippen LogP contribution < -0.4 is 0 Å². The van der Waals surface area contributed by atoms with Crippen molar-refractivity contribution in [3.8, 4) is 39.2 Å². The zero-order valence-corrected chi connectivity index (χ0v) is 27.3. The first-order chi connectivity index (χ1) is 24.8. The molecule has 7 aromatic carbocycles. The zero-order valence-electron chi connectivity index (χ0n) is 27.3. The van der Waals surface area contributed by atoms with Gasteiger partial charge in [-0.1, -0.05) is 146 Å². The molecule has 9 aromatic rings. The molecule has 3 nitrogen and oxygen atoms in total. The molecule has 1 aliphatic carbocycles. The van der Waals surface area contributed by atoms with E-state index in [1.807, 2.05) is 6.20 Å². The van der Waals surface area contributed by atoms with Gasteiger partial charge >= 0.3 is 0 Å². The summed E-state index contributed by atoms with van der Waals surface area (Å²) < 4.78 is 2.41. The standard InChI is InChI=1S/C47H31N3/c1-3-11-36(12-4-1)50-44-18-6-2-5-15-39(44)42-29-35(27-28-45(42)50)33-21-19-31(20-22-33)32-23-25-34(26-24-32)43-30-48-46-40-16-9-7-13-37(40)38-14-8-10-17-41(38)47(46)49-43/h1-17,19-30H,18H2. The van der Waals surface area contributed by atoms with Gasteiger partial charge in [-0.2, -0.15) is 0 Å². The Hall–Kier alpha value is -6.58. The van der Waals surface area contributed by atoms with Crippen molar-refractivity contribution in [1.29, 1.82) is 0 Å². The van der Waals surface area contributed by atoms with Crippen LogP contribution >= 0.6 is 0 Å². The van der Waals surface area contributed by atoms with E-state index in [2.05, 4.69) is 174 Å². The zero-order chi connectivity index (χ0) is 33.0. The average Bonchev–Trinajstić information content (AvgIpc) is 3.30. The SMILES string of the molecule is C1=CCc2c(c3cc(-c4ccc(-c5ccc(-c6cnc7c8ccccc8c8ccccc8c7n6)cc5)cc4)ccc3n2-c2ccccc2)C=C1. The van der Waals surface area contributed by atoms with Crippen molar-refractivity contribution in [3.63, 3.8) is 0 Å². The van der Waals surface area contributed by atoms with Crippen LogP contribution in [0.15, 0.2) is 170 Å². The van der Waals surface area contributed by atoms with Crippen molar-refractivity contribution in [2.45, 2.75) is 6.42 Å². The van der Waals surface area contributed by atoms with E-state index in [-0.39, 0.29) is 0 Å². The molecule has 0 radical (unpaired) electrons. The highest BCUT2D eigenvalue weighted by atomic mass is 15.0. The Morgan fingerprint density at radius 1 is 0.480 bits per heavy atom. The molecule has 0 bridgehead atoms. The molecule has 0 aliphatic heterocycles. The number of nitrogens with zero attached hydrogens (tertiary/aromatic N) is 3. The third kappa shape index (κ3) is 4.59. The van der Waals surface area contributed by atoms with Crippen LogP contribution in [0, 0.1) is 0 Å². The second-order valence-corrected chi connectivity index (χ2v) is 13.0. The van der Waals surface area contributed by atoms with Gasteiger partial charge in [-0.3, -0.25) is 4.98 Å². The largest absolute Gasteiger partial charge is 0.313 e. The summed E-state index contributed by atoms with van der Waals surface area (Å²) in [6.45, 7) is 0. The van der Waals surface area contributed by atoms with Gasteiger partial charge in [0.2, 0.25) is 0 Å². The van der Waals surface area contributed by atoms with Crippen LogP contribution in [0.3, 0.4) is 0 Å². The van der Waals surface area contributed by atoms with Crippen LogP contribution in [-0.2, 0) is 6.42 Å². The smallest absolute Gasteiger partial charge is 0.0979 e. The molecule has 1 aliphatic rings. The molecular weight excluding hydrogens is 607 g/mol. The molecule has 2 heterocycles. The highest BCUT2D eigenvalue weighted by molar-refractivity contribution is 6.23. The third-order valence-electron chi connectivity index (χ3n) is 10.1. The number of hydrogen-bond donors (Lipinski definition) is 0. The van der Waals surface area contributed by atoms with Gasteiger partial charge < -0.3 is 4.57 Å². The van der Waals surface area contributed by atoms with Crippen LogP contribution in [0.25, 0.3) is 88.8 Å². The quantitative estimate of drug-likeness (QED) is 0.180. The predicted molar refractivity (Wildman–Crippen MR) is 210 cm³/mol. The fourth-order valence-electron chi connectivity index (χ4n) is 7.67. The second-order valence-electron chi connectivity index (χ2n) is 13.0. The van der Waals surface area contributed by atoms with Crippen LogP contribution in [0.1, 0.15) is 11.3 Å². The van der Waals surface area contributed by atoms with Gasteiger partial charge in [-0.15, -0.1) is 0 Å². The summed E-state index contributed by atoms with van der Waals surface area (Å²) in [6.07, 6.45) is 11.6. The van der Waals surface area contributed by atoms with E-state index in [4.69, 9.17) is 9.97 Å². The monoisotopic (exact) mass is 637 g/mol. The van der Waals surface area contributed by atoms with E-state index in [9.17, 15) is 0 Å². The molecule has 0 spiro atoms. The number of fused-ring (bicyclic) bond motifs is 9. The molecule has 2 aromatic heterocycles. The van der Waals surface area contributed by atoms with E-state index in [1.165, 1.54) is 60.9 Å². The Kier molecular flexibility index (Phi) is 6.56. The van der Waals surface area contributed by atoms with E-state index >= 15 is 0 Å². The minimum atomic E-state index is 0.875. The summed E-state index contributed by atoms with van der Waals surface area (Å²) in [5.41, 5.74) is 13.6. The predicted octanol–water partition coefficient (Wildman–Crippen LogP) is 12.0. The summed E-state index contributed by atoms with van der Waals surface area (Å²) in [4.78, 5) is 10.1. The van der Waals surface area contributed by atoms with E-state index in [0.29, 0.717) is 0 Å². The Morgan fingerprint density at radius 2 is 1.06 bits per heavy atom. The molecule has 10 rings (SSSR count). The highest BCUT2D eigenvalue weighted by Crippen LogP contribution is 2.37. The Morgan fingerprint density at radius 3 is 1.76 bits per heavy atom. The number of benzene rings is 7. The van der Waals surface area contributed by atoms with Crippen LogP contribution in [0.5, 0.6) is 0 Å². The van der Waals surface area contributed by atoms with E-state index in [0.717, 1.165) is 39.5 Å². The Bertz CT molecular complexity index is 2770. The fourth-order valence-corrected chi connectivity index (χ4v) is 7.67. The van der Waals surface area contributed by atoms with Crippen LogP contribution in [-0.4, -0.2) is 14.5 Å². The van der Waals surface area contributed by atoms with Gasteiger partial charge in [0, 0.05) is 45.1 Å². The molecule has 0 saturated heterocycles. The van der Waals surface area contributed by atoms with Crippen molar-refractivity contribution in [2.75, 3.05) is 0 Å². The summed E-state index contributed by atoms with van der Waals surface area (Å²) in [5.74, 6) is 0. The molecule has 0 fully saturated rings. The van der Waals surface area contributed by atoms with Crippen molar-refractivity contribution in [3.05, 3.63) is 181 Å². The number of aromatic nitrogens is 3. The van der Waals surface area contributed by atoms with Gasteiger partial charge in [-0.05, 0) is 57.3 Å². The molecule has 0 saturated carbocycles. The van der Waals surface area contributed by atoms with Crippen molar-refractivity contribution < 1.29 is 0 Å². The number of allylic oxidation sites excluding steroid dienone is 3. The number of hydrogen-bond acceptors (Lipinski definition) is 2. The van der Waals surface area contributed by atoms with Crippen molar-refractivity contribution in [2.24, 2.45) is 0 Å². The lowest BCUT2D eigenvalue weighted by molar-refractivity contribution is 1.00. The average molecular weight is 638 g/mol. The van der Waals surface area contributed by atoms with E-state index < -0.39 is 0 Å². The minimum Gasteiger partial charge on any atom is -0.313 e. The molecule has 0 atom stereocenters.